The number of rotatable bonds is 4. The van der Waals surface area contributed by atoms with Crippen LogP contribution in [0.25, 0.3) is 10.9 Å². The van der Waals surface area contributed by atoms with Crippen molar-refractivity contribution in [3.8, 4) is 5.75 Å². The van der Waals surface area contributed by atoms with Gasteiger partial charge in [0, 0.05) is 24.2 Å². The summed E-state index contributed by atoms with van der Waals surface area (Å²) in [7, 11) is 1.66. The highest BCUT2D eigenvalue weighted by atomic mass is 35.5. The summed E-state index contributed by atoms with van der Waals surface area (Å²) < 4.78 is 5.35. The maximum Gasteiger partial charge on any atom is 0.119 e. The Morgan fingerprint density at radius 1 is 1.33 bits per heavy atom. The van der Waals surface area contributed by atoms with Crippen molar-refractivity contribution in [3.63, 3.8) is 0 Å². The maximum absolute atomic E-state index is 11.2. The van der Waals surface area contributed by atoms with Gasteiger partial charge in [0.2, 0.25) is 0 Å². The Hall–Kier alpha value is -1.70. The Morgan fingerprint density at radius 3 is 2.74 bits per heavy atom. The third-order valence-electron chi connectivity index (χ3n) is 5.82. The summed E-state index contributed by atoms with van der Waals surface area (Å²) in [6.45, 7) is 6.07. The van der Waals surface area contributed by atoms with E-state index >= 15 is 0 Å². The second-order valence-electron chi connectivity index (χ2n) is 6.97. The van der Waals surface area contributed by atoms with Crippen molar-refractivity contribution in [2.24, 2.45) is 11.8 Å². The van der Waals surface area contributed by atoms with Crippen LogP contribution in [0.2, 0.25) is 0 Å². The topological polar surface area (TPSA) is 109 Å². The summed E-state index contributed by atoms with van der Waals surface area (Å²) >= 11 is 0. The minimum absolute atomic E-state index is 0. The number of ether oxygens (including phenoxy) is 1. The fraction of sp³-hybridized carbons (Fsp3) is 0.450. The summed E-state index contributed by atoms with van der Waals surface area (Å²) in [6, 6.07) is 7.96. The Kier molecular flexibility index (Phi) is 8.20. The van der Waals surface area contributed by atoms with Crippen LogP contribution in [0.15, 0.2) is 43.1 Å². The number of fused-ring (bicyclic) bond motifs is 4. The third kappa shape index (κ3) is 4.10. The predicted octanol–water partition coefficient (Wildman–Crippen LogP) is 1.95. The zero-order valence-corrected chi connectivity index (χ0v) is 16.3. The van der Waals surface area contributed by atoms with Gasteiger partial charge >= 0.3 is 0 Å². The molecule has 7 heteroatoms. The van der Waals surface area contributed by atoms with Gasteiger partial charge in [-0.05, 0) is 61.1 Å². The van der Waals surface area contributed by atoms with Crippen molar-refractivity contribution in [2.75, 3.05) is 20.2 Å². The predicted molar refractivity (Wildman–Crippen MR) is 110 cm³/mol. The molecule has 3 fully saturated rings. The van der Waals surface area contributed by atoms with E-state index in [-0.39, 0.29) is 29.4 Å². The number of aliphatic hydroxyl groups is 1. The number of piperidine rings is 3. The van der Waals surface area contributed by atoms with Crippen molar-refractivity contribution in [3.05, 3.63) is 48.7 Å². The van der Waals surface area contributed by atoms with Crippen LogP contribution in [0.4, 0.5) is 0 Å². The third-order valence-corrected chi connectivity index (χ3v) is 5.82. The Balaban J connectivity index is 0.00000121. The smallest absolute Gasteiger partial charge is 0.119 e. The molecule has 5 N–H and O–H groups in total. The molecule has 150 valence electrons. The minimum Gasteiger partial charge on any atom is -0.497 e. The minimum atomic E-state index is -0.504. The van der Waals surface area contributed by atoms with E-state index in [1.165, 1.54) is 6.42 Å². The number of hydrogen-bond donors (Lipinski definition) is 1. The molecule has 2 aromatic rings. The average molecular weight is 397 g/mol. The monoisotopic (exact) mass is 396 g/mol. The van der Waals surface area contributed by atoms with Crippen LogP contribution >= 0.6 is 12.4 Å². The molecular formula is C20H29ClN2O4. The van der Waals surface area contributed by atoms with Crippen molar-refractivity contribution >= 4 is 23.3 Å². The van der Waals surface area contributed by atoms with Crippen molar-refractivity contribution in [1.29, 1.82) is 0 Å². The molecule has 0 spiro atoms. The van der Waals surface area contributed by atoms with Gasteiger partial charge in [0.15, 0.2) is 0 Å². The van der Waals surface area contributed by atoms with E-state index in [1.807, 2.05) is 24.3 Å². The molecule has 0 aliphatic carbocycles. The van der Waals surface area contributed by atoms with Gasteiger partial charge in [0.25, 0.3) is 0 Å². The number of aliphatic hydroxyl groups excluding tert-OH is 1. The zero-order chi connectivity index (χ0) is 16.7. The first-order valence-corrected chi connectivity index (χ1v) is 8.68. The first-order valence-electron chi connectivity index (χ1n) is 8.68. The van der Waals surface area contributed by atoms with Gasteiger partial charge in [-0.25, -0.2) is 0 Å². The van der Waals surface area contributed by atoms with Gasteiger partial charge in [-0.2, -0.15) is 0 Å². The second-order valence-corrected chi connectivity index (χ2v) is 6.97. The number of halogens is 1. The lowest BCUT2D eigenvalue weighted by atomic mass is 9.73. The van der Waals surface area contributed by atoms with Gasteiger partial charge in [0.1, 0.15) is 5.75 Å². The Bertz CT molecular complexity index is 773. The summed E-state index contributed by atoms with van der Waals surface area (Å²) in [5, 5.41) is 12.1. The normalized spacial score (nSPS) is 26.9. The molecule has 5 atom stereocenters. The highest BCUT2D eigenvalue weighted by Gasteiger charge is 2.42. The quantitative estimate of drug-likeness (QED) is 0.796. The largest absolute Gasteiger partial charge is 0.497 e. The molecule has 0 amide bonds. The second kappa shape index (κ2) is 9.48. The highest BCUT2D eigenvalue weighted by Crippen LogP contribution is 2.42. The first kappa shape index (κ1) is 23.3. The summed E-state index contributed by atoms with van der Waals surface area (Å²) in [4.78, 5) is 6.86. The van der Waals surface area contributed by atoms with Crippen LogP contribution in [0, 0.1) is 11.8 Å². The van der Waals surface area contributed by atoms with Crippen LogP contribution in [0.1, 0.15) is 24.5 Å². The van der Waals surface area contributed by atoms with Crippen molar-refractivity contribution < 1.29 is 20.8 Å². The standard InChI is InChI=1S/C20H24N2O2.ClH.2H2O/c1-3-13-12-22-9-7-14(13)10-19(22)20(23)16-6-8-21-18-5-4-15(24-2)11-17(16)18;;;/h3-6,8,11,13-14,19-20,23H,1,7,9-10,12H2,2H3;1H;2*1H2/t13-,14-,19+,20+;;;/m0.../s1. The van der Waals surface area contributed by atoms with E-state index in [0.29, 0.717) is 11.8 Å². The highest BCUT2D eigenvalue weighted by molar-refractivity contribution is 5.85. The SMILES string of the molecule is C=C[C@H]1CN2CC[C@H]1C[C@@H]2[C@H](O)c1ccnc2ccc(OC)cc12.Cl.O.O. The van der Waals surface area contributed by atoms with Crippen LogP contribution in [0.5, 0.6) is 5.75 Å². The molecule has 1 aromatic heterocycles. The van der Waals surface area contributed by atoms with E-state index in [0.717, 1.165) is 41.7 Å². The average Bonchev–Trinajstić information content (AvgIpc) is 2.66. The number of pyridine rings is 1. The summed E-state index contributed by atoms with van der Waals surface area (Å²) in [5.74, 6) is 2.01. The van der Waals surface area contributed by atoms with Gasteiger partial charge in [0.05, 0.1) is 18.7 Å². The van der Waals surface area contributed by atoms with Gasteiger partial charge in [-0.3, -0.25) is 9.88 Å². The van der Waals surface area contributed by atoms with Gasteiger partial charge in [-0.15, -0.1) is 19.0 Å². The van der Waals surface area contributed by atoms with Crippen molar-refractivity contribution in [1.82, 2.24) is 9.88 Å². The lowest BCUT2D eigenvalue weighted by Gasteiger charge is -2.50. The lowest BCUT2D eigenvalue weighted by molar-refractivity contribution is -0.0444. The fourth-order valence-electron chi connectivity index (χ4n) is 4.44. The molecule has 0 radical (unpaired) electrons. The zero-order valence-electron chi connectivity index (χ0n) is 15.5. The van der Waals surface area contributed by atoms with E-state index in [1.54, 1.807) is 13.3 Å². The van der Waals surface area contributed by atoms with Crippen LogP contribution in [-0.2, 0) is 0 Å². The van der Waals surface area contributed by atoms with E-state index in [4.69, 9.17) is 4.74 Å². The number of aromatic nitrogens is 1. The maximum atomic E-state index is 11.2. The molecule has 5 rings (SSSR count). The summed E-state index contributed by atoms with van der Waals surface area (Å²) in [5.41, 5.74) is 1.85. The molecule has 0 saturated carbocycles. The van der Waals surface area contributed by atoms with E-state index < -0.39 is 6.10 Å². The van der Waals surface area contributed by atoms with Crippen LogP contribution < -0.4 is 4.74 Å². The molecule has 2 bridgehead atoms. The number of nitrogens with zero attached hydrogens (tertiary/aromatic N) is 2. The Morgan fingerprint density at radius 2 is 2.11 bits per heavy atom. The molecule has 4 heterocycles. The molecular weight excluding hydrogens is 368 g/mol. The molecule has 3 saturated heterocycles. The number of hydrogen-bond acceptors (Lipinski definition) is 4. The van der Waals surface area contributed by atoms with Crippen LogP contribution in [0.3, 0.4) is 0 Å². The molecule has 27 heavy (non-hydrogen) atoms. The molecule has 3 aliphatic heterocycles. The van der Waals surface area contributed by atoms with Gasteiger partial charge in [-0.1, -0.05) is 6.08 Å². The molecule has 1 unspecified atom stereocenters. The van der Waals surface area contributed by atoms with Crippen molar-refractivity contribution in [2.45, 2.75) is 25.0 Å². The molecule has 1 aromatic carbocycles. The fourth-order valence-corrected chi connectivity index (χ4v) is 4.44. The van der Waals surface area contributed by atoms with Crippen LogP contribution in [-0.4, -0.2) is 52.2 Å². The van der Waals surface area contributed by atoms with E-state index in [2.05, 4.69) is 22.5 Å². The van der Waals surface area contributed by atoms with Gasteiger partial charge < -0.3 is 20.8 Å². The number of benzene rings is 1. The lowest BCUT2D eigenvalue weighted by Crippen LogP contribution is -2.54. The summed E-state index contributed by atoms with van der Waals surface area (Å²) in [6.07, 6.45) is 5.62. The molecule has 3 aliphatic rings. The Labute approximate surface area is 165 Å². The van der Waals surface area contributed by atoms with E-state index in [9.17, 15) is 5.11 Å². The molecule has 6 nitrogen and oxygen atoms in total. The number of methoxy groups -OCH3 is 1. The first-order chi connectivity index (χ1) is 11.7.